The SMILES string of the molecule is CN1CC[C@H](CNS(=O)(=O)c2cc(-c3ccc4c(c3)CNCCO4)cnc2N)C1. The summed E-state index contributed by atoms with van der Waals surface area (Å²) in [7, 11) is -1.70. The summed E-state index contributed by atoms with van der Waals surface area (Å²) in [5, 5.41) is 3.30. The van der Waals surface area contributed by atoms with Gasteiger partial charge >= 0.3 is 0 Å². The number of aromatic nitrogens is 1. The van der Waals surface area contributed by atoms with Crippen LogP contribution in [0.25, 0.3) is 11.1 Å². The molecule has 4 N–H and O–H groups in total. The van der Waals surface area contributed by atoms with Crippen molar-refractivity contribution >= 4 is 15.8 Å². The highest BCUT2D eigenvalue weighted by molar-refractivity contribution is 7.89. The smallest absolute Gasteiger partial charge is 0.244 e. The van der Waals surface area contributed by atoms with E-state index in [1.807, 2.05) is 25.2 Å². The number of sulfonamides is 1. The molecular formula is C20H27N5O3S. The summed E-state index contributed by atoms with van der Waals surface area (Å²) >= 11 is 0. The maximum Gasteiger partial charge on any atom is 0.244 e. The monoisotopic (exact) mass is 417 g/mol. The molecule has 3 heterocycles. The highest BCUT2D eigenvalue weighted by atomic mass is 32.2. The Labute approximate surface area is 171 Å². The Morgan fingerprint density at radius 3 is 3.00 bits per heavy atom. The van der Waals surface area contributed by atoms with Gasteiger partial charge in [0.2, 0.25) is 10.0 Å². The van der Waals surface area contributed by atoms with E-state index in [0.29, 0.717) is 31.2 Å². The quantitative estimate of drug-likeness (QED) is 0.667. The molecule has 0 bridgehead atoms. The van der Waals surface area contributed by atoms with E-state index in [4.69, 9.17) is 10.5 Å². The first-order chi connectivity index (χ1) is 13.9. The Kier molecular flexibility index (Phi) is 5.73. The highest BCUT2D eigenvalue weighted by Gasteiger charge is 2.24. The summed E-state index contributed by atoms with van der Waals surface area (Å²) in [6.45, 7) is 4.40. The number of pyridine rings is 1. The number of hydrogen-bond acceptors (Lipinski definition) is 7. The van der Waals surface area contributed by atoms with Crippen molar-refractivity contribution in [1.82, 2.24) is 19.9 Å². The van der Waals surface area contributed by atoms with E-state index in [1.54, 1.807) is 12.3 Å². The van der Waals surface area contributed by atoms with Gasteiger partial charge in [0.25, 0.3) is 0 Å². The minimum Gasteiger partial charge on any atom is -0.492 e. The van der Waals surface area contributed by atoms with Gasteiger partial charge < -0.3 is 20.7 Å². The first-order valence-corrected chi connectivity index (χ1v) is 11.3. The lowest BCUT2D eigenvalue weighted by atomic mass is 10.0. The predicted octanol–water partition coefficient (Wildman–Crippen LogP) is 1.04. The Morgan fingerprint density at radius 1 is 1.34 bits per heavy atom. The third kappa shape index (κ3) is 4.53. The van der Waals surface area contributed by atoms with Crippen molar-refractivity contribution < 1.29 is 13.2 Å². The minimum atomic E-state index is -3.74. The lowest BCUT2D eigenvalue weighted by Gasteiger charge is -2.14. The van der Waals surface area contributed by atoms with E-state index < -0.39 is 10.0 Å². The second kappa shape index (κ2) is 8.27. The Balaban J connectivity index is 1.58. The normalized spacial score (nSPS) is 20.1. The van der Waals surface area contributed by atoms with Crippen LogP contribution in [-0.4, -0.2) is 58.1 Å². The molecule has 0 radical (unpaired) electrons. The van der Waals surface area contributed by atoms with Crippen molar-refractivity contribution in [2.24, 2.45) is 5.92 Å². The molecule has 8 nitrogen and oxygen atoms in total. The number of fused-ring (bicyclic) bond motifs is 1. The number of rotatable bonds is 5. The molecule has 0 aliphatic carbocycles. The van der Waals surface area contributed by atoms with E-state index in [9.17, 15) is 8.42 Å². The molecule has 0 unspecified atom stereocenters. The van der Waals surface area contributed by atoms with Crippen molar-refractivity contribution in [3.8, 4) is 16.9 Å². The Hall–Kier alpha value is -2.20. The van der Waals surface area contributed by atoms with Gasteiger partial charge in [-0.25, -0.2) is 18.1 Å². The number of nitrogens with zero attached hydrogens (tertiary/aromatic N) is 2. The molecule has 29 heavy (non-hydrogen) atoms. The van der Waals surface area contributed by atoms with Gasteiger partial charge in [0.05, 0.1) is 0 Å². The Bertz CT molecular complexity index is 996. The molecule has 0 amide bonds. The molecule has 0 saturated carbocycles. The van der Waals surface area contributed by atoms with Crippen molar-refractivity contribution in [3.63, 3.8) is 0 Å². The van der Waals surface area contributed by atoms with Crippen molar-refractivity contribution in [1.29, 1.82) is 0 Å². The van der Waals surface area contributed by atoms with Gasteiger partial charge in [-0.2, -0.15) is 0 Å². The third-order valence-electron chi connectivity index (χ3n) is 5.47. The standard InChI is InChI=1S/C20H27N5O3S/c1-25-6-4-14(13-25)10-24-29(26,27)19-9-16(12-23-20(19)21)15-2-3-18-17(8-15)11-22-5-7-28-18/h2-3,8-9,12,14,22,24H,4-7,10-11,13H2,1H3,(H2,21,23)/t14-/m1/s1. The van der Waals surface area contributed by atoms with Gasteiger partial charge in [-0.1, -0.05) is 6.07 Å². The van der Waals surface area contributed by atoms with Gasteiger partial charge in [-0.05, 0) is 49.7 Å². The molecule has 4 rings (SSSR count). The van der Waals surface area contributed by atoms with Gasteiger partial charge in [0.15, 0.2) is 0 Å². The van der Waals surface area contributed by atoms with E-state index in [1.165, 1.54) is 0 Å². The van der Waals surface area contributed by atoms with Crippen LogP contribution in [0.15, 0.2) is 35.4 Å². The van der Waals surface area contributed by atoms with Crippen LogP contribution in [0.2, 0.25) is 0 Å². The summed E-state index contributed by atoms with van der Waals surface area (Å²) in [6, 6.07) is 7.42. The third-order valence-corrected chi connectivity index (χ3v) is 6.92. The first kappa shape index (κ1) is 20.1. The molecule has 1 aromatic heterocycles. The number of likely N-dealkylation sites (tertiary alicyclic amines) is 1. The zero-order chi connectivity index (χ0) is 20.4. The maximum atomic E-state index is 12.9. The van der Waals surface area contributed by atoms with Crippen LogP contribution in [0.1, 0.15) is 12.0 Å². The van der Waals surface area contributed by atoms with Crippen LogP contribution in [0.5, 0.6) is 5.75 Å². The second-order valence-electron chi connectivity index (χ2n) is 7.72. The predicted molar refractivity (Wildman–Crippen MR) is 112 cm³/mol. The molecule has 1 fully saturated rings. The number of nitrogen functional groups attached to an aromatic ring is 1. The fourth-order valence-electron chi connectivity index (χ4n) is 3.82. The van der Waals surface area contributed by atoms with Crippen molar-refractivity contribution in [2.45, 2.75) is 17.9 Å². The lowest BCUT2D eigenvalue weighted by Crippen LogP contribution is -2.31. The summed E-state index contributed by atoms with van der Waals surface area (Å²) in [5.74, 6) is 1.16. The van der Waals surface area contributed by atoms with Crippen LogP contribution >= 0.6 is 0 Å². The van der Waals surface area contributed by atoms with Crippen LogP contribution in [-0.2, 0) is 16.6 Å². The minimum absolute atomic E-state index is 0.00421. The average molecular weight is 418 g/mol. The molecule has 0 spiro atoms. The second-order valence-corrected chi connectivity index (χ2v) is 9.46. The van der Waals surface area contributed by atoms with Crippen molar-refractivity contribution in [3.05, 3.63) is 36.0 Å². The number of nitrogens with two attached hydrogens (primary N) is 1. The van der Waals surface area contributed by atoms with Gasteiger partial charge in [-0.3, -0.25) is 0 Å². The van der Waals surface area contributed by atoms with Gasteiger partial charge in [-0.15, -0.1) is 0 Å². The maximum absolute atomic E-state index is 12.9. The zero-order valence-electron chi connectivity index (χ0n) is 16.5. The van der Waals surface area contributed by atoms with Crippen LogP contribution in [0, 0.1) is 5.92 Å². The first-order valence-electron chi connectivity index (χ1n) is 9.83. The van der Waals surface area contributed by atoms with Gasteiger partial charge in [0.1, 0.15) is 23.1 Å². The number of nitrogens with one attached hydrogen (secondary N) is 2. The zero-order valence-corrected chi connectivity index (χ0v) is 17.3. The summed E-state index contributed by atoms with van der Waals surface area (Å²) in [5.41, 5.74) is 8.53. The van der Waals surface area contributed by atoms with E-state index >= 15 is 0 Å². The average Bonchev–Trinajstić information content (AvgIpc) is 2.98. The van der Waals surface area contributed by atoms with E-state index in [-0.39, 0.29) is 10.7 Å². The van der Waals surface area contributed by atoms with Crippen LogP contribution in [0.3, 0.4) is 0 Å². The number of ether oxygens (including phenoxy) is 1. The largest absolute Gasteiger partial charge is 0.492 e. The molecule has 2 aromatic rings. The molecule has 1 atom stereocenters. The molecule has 1 saturated heterocycles. The molecule has 1 aromatic carbocycles. The van der Waals surface area contributed by atoms with Crippen LogP contribution in [0.4, 0.5) is 5.82 Å². The molecule has 9 heteroatoms. The fraction of sp³-hybridized carbons (Fsp3) is 0.450. The molecule has 2 aliphatic heterocycles. The molecular weight excluding hydrogens is 390 g/mol. The molecule has 156 valence electrons. The lowest BCUT2D eigenvalue weighted by molar-refractivity contribution is 0.326. The number of hydrogen-bond donors (Lipinski definition) is 3. The van der Waals surface area contributed by atoms with E-state index in [2.05, 4.69) is 19.9 Å². The number of benzene rings is 1. The summed E-state index contributed by atoms with van der Waals surface area (Å²) in [6.07, 6.45) is 2.59. The van der Waals surface area contributed by atoms with E-state index in [0.717, 1.165) is 42.9 Å². The summed E-state index contributed by atoms with van der Waals surface area (Å²) in [4.78, 5) is 6.37. The Morgan fingerprint density at radius 2 is 2.21 bits per heavy atom. The van der Waals surface area contributed by atoms with Crippen LogP contribution < -0.4 is 20.5 Å². The highest BCUT2D eigenvalue weighted by Crippen LogP contribution is 2.30. The fourth-order valence-corrected chi connectivity index (χ4v) is 5.04. The topological polar surface area (TPSA) is 110 Å². The number of anilines is 1. The van der Waals surface area contributed by atoms with Crippen molar-refractivity contribution in [2.75, 3.05) is 45.6 Å². The summed E-state index contributed by atoms with van der Waals surface area (Å²) < 4.78 is 34.2. The molecule has 2 aliphatic rings. The van der Waals surface area contributed by atoms with Gasteiger partial charge in [0, 0.05) is 43.5 Å².